The maximum absolute atomic E-state index is 14.0. The topological polar surface area (TPSA) is 15.3 Å². The van der Waals surface area contributed by atoms with E-state index in [4.69, 9.17) is 11.6 Å². The fourth-order valence-corrected chi connectivity index (χ4v) is 2.38. The predicted octanol–water partition coefficient (Wildman–Crippen LogP) is 3.04. The van der Waals surface area contributed by atoms with E-state index >= 15 is 0 Å². The molecule has 1 N–H and O–H groups in total. The Morgan fingerprint density at radius 3 is 3.00 bits per heavy atom. The number of nitrogens with zero attached hydrogens (tertiary/aromatic N) is 1. The van der Waals surface area contributed by atoms with E-state index in [9.17, 15) is 4.39 Å². The van der Waals surface area contributed by atoms with Crippen molar-refractivity contribution in [3.05, 3.63) is 27.4 Å². The Hall–Kier alpha value is -0.320. The molecule has 1 atom stereocenters. The molecule has 1 saturated heterocycles. The first-order valence-electron chi connectivity index (χ1n) is 5.21. The number of nitrogens with one attached hydrogen (secondary N) is 1. The molecule has 0 saturated carbocycles. The van der Waals surface area contributed by atoms with Crippen LogP contribution in [-0.4, -0.2) is 25.7 Å². The van der Waals surface area contributed by atoms with Crippen LogP contribution >= 0.6 is 27.5 Å². The Kier molecular flexibility index (Phi) is 3.72. The maximum atomic E-state index is 14.0. The van der Waals surface area contributed by atoms with Crippen molar-refractivity contribution < 1.29 is 4.39 Å². The van der Waals surface area contributed by atoms with Crippen LogP contribution in [0, 0.1) is 5.82 Å². The van der Waals surface area contributed by atoms with Crippen LogP contribution in [0.15, 0.2) is 16.6 Å². The number of anilines is 1. The molecule has 2 rings (SSSR count). The molecule has 1 aromatic carbocycles. The second kappa shape index (κ2) is 4.90. The minimum atomic E-state index is -0.342. The first-order valence-corrected chi connectivity index (χ1v) is 6.38. The summed E-state index contributed by atoms with van der Waals surface area (Å²) in [5.41, 5.74) is 0.585. The van der Waals surface area contributed by atoms with Crippen LogP contribution in [-0.2, 0) is 0 Å². The molecule has 1 aliphatic rings. The van der Waals surface area contributed by atoms with Crippen molar-refractivity contribution >= 4 is 33.2 Å². The highest BCUT2D eigenvalue weighted by atomic mass is 79.9. The number of halogens is 3. The molecule has 1 aromatic rings. The summed E-state index contributed by atoms with van der Waals surface area (Å²) >= 11 is 9.09. The summed E-state index contributed by atoms with van der Waals surface area (Å²) in [4.78, 5) is 2.02. The highest BCUT2D eigenvalue weighted by molar-refractivity contribution is 9.10. The number of rotatable bonds is 1. The molecule has 0 radical (unpaired) electrons. The molecule has 88 valence electrons. The Morgan fingerprint density at radius 2 is 2.31 bits per heavy atom. The first-order chi connectivity index (χ1) is 7.59. The Labute approximate surface area is 108 Å². The molecule has 16 heavy (non-hydrogen) atoms. The molecule has 1 unspecified atom stereocenters. The third-order valence-electron chi connectivity index (χ3n) is 2.72. The van der Waals surface area contributed by atoms with E-state index in [1.807, 2.05) is 4.90 Å². The molecular weight excluding hydrogens is 294 g/mol. The molecule has 1 aliphatic heterocycles. The van der Waals surface area contributed by atoms with E-state index in [2.05, 4.69) is 28.2 Å². The van der Waals surface area contributed by atoms with Gasteiger partial charge in [0.2, 0.25) is 0 Å². The first kappa shape index (κ1) is 12.1. The van der Waals surface area contributed by atoms with Crippen LogP contribution in [0.1, 0.15) is 6.92 Å². The summed E-state index contributed by atoms with van der Waals surface area (Å²) in [5.74, 6) is -0.342. The molecule has 0 amide bonds. The standard InChI is InChI=1S/C11H13BrClFN2/c1-7-6-16(5-4-15-7)9-3-2-8(12)10(13)11(9)14/h2-3,7,15H,4-6H2,1H3. The highest BCUT2D eigenvalue weighted by Gasteiger charge is 2.20. The maximum Gasteiger partial charge on any atom is 0.166 e. The van der Waals surface area contributed by atoms with Crippen LogP contribution < -0.4 is 10.2 Å². The van der Waals surface area contributed by atoms with E-state index in [0.29, 0.717) is 16.2 Å². The molecule has 1 fully saturated rings. The number of hydrogen-bond acceptors (Lipinski definition) is 2. The average molecular weight is 308 g/mol. The summed E-state index contributed by atoms with van der Waals surface area (Å²) in [6.45, 7) is 4.56. The lowest BCUT2D eigenvalue weighted by Crippen LogP contribution is -2.49. The number of piperazine rings is 1. The molecule has 0 aromatic heterocycles. The fraction of sp³-hybridized carbons (Fsp3) is 0.455. The lowest BCUT2D eigenvalue weighted by molar-refractivity contribution is 0.478. The van der Waals surface area contributed by atoms with Gasteiger partial charge >= 0.3 is 0 Å². The van der Waals surface area contributed by atoms with Crippen LogP contribution in [0.3, 0.4) is 0 Å². The summed E-state index contributed by atoms with van der Waals surface area (Å²) in [6.07, 6.45) is 0. The molecule has 0 spiro atoms. The van der Waals surface area contributed by atoms with Crippen molar-refractivity contribution in [2.45, 2.75) is 13.0 Å². The van der Waals surface area contributed by atoms with Gasteiger partial charge in [-0.05, 0) is 35.0 Å². The quantitative estimate of drug-likeness (QED) is 0.802. The largest absolute Gasteiger partial charge is 0.366 e. The van der Waals surface area contributed by atoms with Gasteiger partial charge in [-0.15, -0.1) is 0 Å². The lowest BCUT2D eigenvalue weighted by Gasteiger charge is -2.34. The third kappa shape index (κ3) is 2.34. The van der Waals surface area contributed by atoms with Crippen molar-refractivity contribution in [1.29, 1.82) is 0 Å². The summed E-state index contributed by atoms with van der Waals surface area (Å²) < 4.78 is 14.5. The fourth-order valence-electron chi connectivity index (χ4n) is 1.91. The van der Waals surface area contributed by atoms with Gasteiger partial charge in [0.15, 0.2) is 5.82 Å². The second-order valence-corrected chi connectivity index (χ2v) is 5.23. The van der Waals surface area contributed by atoms with E-state index < -0.39 is 0 Å². The van der Waals surface area contributed by atoms with Gasteiger partial charge in [0.05, 0.1) is 10.7 Å². The van der Waals surface area contributed by atoms with E-state index in [1.165, 1.54) is 0 Å². The number of benzene rings is 1. The van der Waals surface area contributed by atoms with Crippen molar-refractivity contribution in [3.63, 3.8) is 0 Å². The van der Waals surface area contributed by atoms with Crippen LogP contribution in [0.5, 0.6) is 0 Å². The number of hydrogen-bond donors (Lipinski definition) is 1. The summed E-state index contributed by atoms with van der Waals surface area (Å²) in [5, 5.41) is 3.48. The van der Waals surface area contributed by atoms with Gasteiger partial charge in [0.1, 0.15) is 0 Å². The summed E-state index contributed by atoms with van der Waals surface area (Å²) in [7, 11) is 0. The Morgan fingerprint density at radius 1 is 1.56 bits per heavy atom. The average Bonchev–Trinajstić information content (AvgIpc) is 2.26. The molecule has 1 heterocycles. The lowest BCUT2D eigenvalue weighted by atomic mass is 10.2. The van der Waals surface area contributed by atoms with Gasteiger partial charge in [-0.2, -0.15) is 0 Å². The highest BCUT2D eigenvalue weighted by Crippen LogP contribution is 2.32. The zero-order valence-electron chi connectivity index (χ0n) is 8.93. The van der Waals surface area contributed by atoms with Gasteiger partial charge in [0.25, 0.3) is 0 Å². The minimum Gasteiger partial charge on any atom is -0.366 e. The summed E-state index contributed by atoms with van der Waals surface area (Å²) in [6, 6.07) is 3.92. The van der Waals surface area contributed by atoms with Crippen LogP contribution in [0.4, 0.5) is 10.1 Å². The van der Waals surface area contributed by atoms with E-state index in [0.717, 1.165) is 19.6 Å². The van der Waals surface area contributed by atoms with Gasteiger partial charge in [-0.3, -0.25) is 0 Å². The molecule has 0 aliphatic carbocycles. The Bertz CT molecular complexity index is 400. The van der Waals surface area contributed by atoms with Crippen LogP contribution in [0.25, 0.3) is 0 Å². The molecule has 5 heteroatoms. The van der Waals surface area contributed by atoms with Crippen molar-refractivity contribution in [3.8, 4) is 0 Å². The van der Waals surface area contributed by atoms with E-state index in [-0.39, 0.29) is 10.8 Å². The van der Waals surface area contributed by atoms with Gasteiger partial charge in [0, 0.05) is 30.1 Å². The monoisotopic (exact) mass is 306 g/mol. The molecule has 2 nitrogen and oxygen atoms in total. The zero-order chi connectivity index (χ0) is 11.7. The smallest absolute Gasteiger partial charge is 0.166 e. The zero-order valence-corrected chi connectivity index (χ0v) is 11.3. The molecule has 0 bridgehead atoms. The van der Waals surface area contributed by atoms with Crippen molar-refractivity contribution in [1.82, 2.24) is 5.32 Å². The van der Waals surface area contributed by atoms with Gasteiger partial charge in [-0.25, -0.2) is 4.39 Å². The molecular formula is C11H13BrClFN2. The second-order valence-electron chi connectivity index (χ2n) is 4.00. The van der Waals surface area contributed by atoms with Crippen molar-refractivity contribution in [2.24, 2.45) is 0 Å². The normalized spacial score (nSPS) is 21.2. The van der Waals surface area contributed by atoms with Crippen LogP contribution in [0.2, 0.25) is 5.02 Å². The SMILES string of the molecule is CC1CN(c2ccc(Br)c(Cl)c2F)CCN1. The van der Waals surface area contributed by atoms with Crippen molar-refractivity contribution in [2.75, 3.05) is 24.5 Å². The third-order valence-corrected chi connectivity index (χ3v) is 3.98. The Balaban J connectivity index is 2.29. The van der Waals surface area contributed by atoms with E-state index in [1.54, 1.807) is 12.1 Å². The minimum absolute atomic E-state index is 0.156. The van der Waals surface area contributed by atoms with Gasteiger partial charge in [-0.1, -0.05) is 11.6 Å². The predicted molar refractivity (Wildman–Crippen MR) is 68.8 cm³/mol. The van der Waals surface area contributed by atoms with Gasteiger partial charge < -0.3 is 10.2 Å².